The summed E-state index contributed by atoms with van der Waals surface area (Å²) >= 11 is 6.18. The number of hydrogen-bond acceptors (Lipinski definition) is 5. The Morgan fingerprint density at radius 2 is 1.77 bits per heavy atom. The van der Waals surface area contributed by atoms with Crippen molar-refractivity contribution in [3.05, 3.63) is 76.5 Å². The van der Waals surface area contributed by atoms with Crippen LogP contribution in [0.15, 0.2) is 74.6 Å². The highest BCUT2D eigenvalue weighted by Crippen LogP contribution is 2.30. The van der Waals surface area contributed by atoms with Crippen LogP contribution in [0.1, 0.15) is 18.2 Å². The van der Waals surface area contributed by atoms with Crippen LogP contribution in [0.4, 0.5) is 5.69 Å². The van der Waals surface area contributed by atoms with Gasteiger partial charge in [-0.3, -0.25) is 4.79 Å². The molecule has 0 spiro atoms. The Morgan fingerprint density at radius 3 is 2.42 bits per heavy atom. The first kappa shape index (κ1) is 21.0. The number of halogens is 1. The molecule has 2 N–H and O–H groups in total. The molecule has 1 aliphatic heterocycles. The normalized spacial score (nSPS) is 15.6. The Labute approximate surface area is 184 Å². The number of amides is 1. The highest BCUT2D eigenvalue weighted by atomic mass is 35.5. The number of sulfonamides is 1. The number of nitrogens with zero attached hydrogens (tertiary/aromatic N) is 2. The van der Waals surface area contributed by atoms with Gasteiger partial charge >= 0.3 is 0 Å². The Bertz CT molecular complexity index is 1360. The summed E-state index contributed by atoms with van der Waals surface area (Å²) in [5, 5.41) is 11.3. The molecule has 2 aromatic carbocycles. The molecular weight excluding hydrogens is 438 g/mol. The van der Waals surface area contributed by atoms with E-state index in [0.717, 1.165) is 5.56 Å². The number of rotatable bonds is 4. The summed E-state index contributed by atoms with van der Waals surface area (Å²) in [5.41, 5.74) is 3.13. The molecule has 0 unspecified atom stereocenters. The van der Waals surface area contributed by atoms with Crippen molar-refractivity contribution in [2.24, 2.45) is 10.2 Å². The minimum atomic E-state index is -3.76. The van der Waals surface area contributed by atoms with Crippen molar-refractivity contribution >= 4 is 45.0 Å². The van der Waals surface area contributed by atoms with Crippen molar-refractivity contribution in [1.29, 1.82) is 0 Å². The molecule has 7 nitrogen and oxygen atoms in total. The average Bonchev–Trinajstić information content (AvgIpc) is 3.30. The Hall–Kier alpha value is -3.20. The van der Waals surface area contributed by atoms with E-state index in [1.807, 2.05) is 13.0 Å². The lowest BCUT2D eigenvalue weighted by atomic mass is 10.1. The lowest BCUT2D eigenvalue weighted by Gasteiger charge is -2.12. The molecule has 158 valence electrons. The Morgan fingerprint density at radius 1 is 1.06 bits per heavy atom. The highest BCUT2D eigenvalue weighted by molar-refractivity contribution is 7.89. The van der Waals surface area contributed by atoms with Crippen molar-refractivity contribution < 1.29 is 17.6 Å². The SMILES string of the molecule is CC1=NN(c2ccc(C)c(Cl)c2)C(=O)C1=Cc1ccc(-c2ccc(S(N)(=O)=O)cc2)o1. The Balaban J connectivity index is 1.60. The van der Waals surface area contributed by atoms with Gasteiger partial charge in [-0.15, -0.1) is 0 Å². The van der Waals surface area contributed by atoms with Crippen molar-refractivity contribution in [2.75, 3.05) is 5.01 Å². The topological polar surface area (TPSA) is 106 Å². The van der Waals surface area contributed by atoms with Crippen LogP contribution in [0.2, 0.25) is 5.02 Å². The van der Waals surface area contributed by atoms with E-state index < -0.39 is 10.0 Å². The van der Waals surface area contributed by atoms with E-state index in [2.05, 4.69) is 5.10 Å². The van der Waals surface area contributed by atoms with Crippen LogP contribution in [0.3, 0.4) is 0 Å². The van der Waals surface area contributed by atoms with Crippen LogP contribution in [0.5, 0.6) is 0 Å². The lowest BCUT2D eigenvalue weighted by molar-refractivity contribution is -0.114. The first-order valence-electron chi connectivity index (χ1n) is 9.24. The standard InChI is InChI=1S/C22H18ClN3O4S/c1-13-3-6-16(11-20(13)23)26-22(27)19(14(2)25-26)12-17-7-10-21(30-17)15-4-8-18(9-5-15)31(24,28)29/h3-12H,1-2H3,(H2,24,28,29). The molecule has 1 amide bonds. The summed E-state index contributed by atoms with van der Waals surface area (Å²) in [5.74, 6) is 0.704. The number of carbonyl (C=O) groups excluding carboxylic acids is 1. The highest BCUT2D eigenvalue weighted by Gasteiger charge is 2.29. The van der Waals surface area contributed by atoms with Crippen LogP contribution < -0.4 is 10.1 Å². The molecule has 4 rings (SSSR count). The zero-order valence-corrected chi connectivity index (χ0v) is 18.2. The summed E-state index contributed by atoms with van der Waals surface area (Å²) in [7, 11) is -3.76. The summed E-state index contributed by atoms with van der Waals surface area (Å²) in [4.78, 5) is 12.9. The number of hydrazone groups is 1. The molecule has 0 saturated carbocycles. The third-order valence-electron chi connectivity index (χ3n) is 4.84. The van der Waals surface area contributed by atoms with Crippen LogP contribution in [0, 0.1) is 6.92 Å². The van der Waals surface area contributed by atoms with Crippen molar-refractivity contribution in [2.45, 2.75) is 18.7 Å². The quantitative estimate of drug-likeness (QED) is 0.589. The number of benzene rings is 2. The molecule has 0 aliphatic carbocycles. The number of anilines is 1. The summed E-state index contributed by atoms with van der Waals surface area (Å²) in [6.45, 7) is 3.63. The van der Waals surface area contributed by atoms with Gasteiger partial charge in [0.05, 0.1) is 21.9 Å². The number of primary sulfonamides is 1. The molecule has 9 heteroatoms. The number of nitrogens with two attached hydrogens (primary N) is 1. The van der Waals surface area contributed by atoms with Gasteiger partial charge in [-0.05, 0) is 74.0 Å². The van der Waals surface area contributed by atoms with E-state index in [1.54, 1.807) is 49.4 Å². The third kappa shape index (κ3) is 4.18. The van der Waals surface area contributed by atoms with Crippen LogP contribution in [-0.2, 0) is 14.8 Å². The average molecular weight is 456 g/mol. The van der Waals surface area contributed by atoms with Gasteiger partial charge in [0.2, 0.25) is 10.0 Å². The fourth-order valence-electron chi connectivity index (χ4n) is 3.11. The molecule has 3 aromatic rings. The van der Waals surface area contributed by atoms with Gasteiger partial charge in [0, 0.05) is 10.6 Å². The van der Waals surface area contributed by atoms with E-state index in [4.69, 9.17) is 21.2 Å². The number of furan rings is 1. The molecule has 0 saturated heterocycles. The van der Waals surface area contributed by atoms with Gasteiger partial charge < -0.3 is 4.42 Å². The summed E-state index contributed by atoms with van der Waals surface area (Å²) in [6, 6.07) is 14.8. The van der Waals surface area contributed by atoms with Gasteiger partial charge in [0.25, 0.3) is 5.91 Å². The van der Waals surface area contributed by atoms with Gasteiger partial charge in [-0.25, -0.2) is 13.6 Å². The maximum absolute atomic E-state index is 12.9. The van der Waals surface area contributed by atoms with E-state index in [-0.39, 0.29) is 10.8 Å². The van der Waals surface area contributed by atoms with Crippen LogP contribution in [0.25, 0.3) is 17.4 Å². The lowest BCUT2D eigenvalue weighted by Crippen LogP contribution is -2.21. The van der Waals surface area contributed by atoms with E-state index in [9.17, 15) is 13.2 Å². The minimum absolute atomic E-state index is 0.0184. The molecule has 0 radical (unpaired) electrons. The fourth-order valence-corrected chi connectivity index (χ4v) is 3.80. The van der Waals surface area contributed by atoms with Gasteiger partial charge in [0.1, 0.15) is 11.5 Å². The second kappa shape index (κ2) is 7.81. The molecule has 31 heavy (non-hydrogen) atoms. The molecular formula is C22H18ClN3O4S. The fraction of sp³-hybridized carbons (Fsp3) is 0.0909. The maximum atomic E-state index is 12.9. The van der Waals surface area contributed by atoms with Gasteiger partial charge in [0.15, 0.2) is 0 Å². The number of carbonyl (C=O) groups is 1. The van der Waals surface area contributed by atoms with Crippen LogP contribution in [-0.4, -0.2) is 20.0 Å². The largest absolute Gasteiger partial charge is 0.457 e. The predicted molar refractivity (Wildman–Crippen MR) is 120 cm³/mol. The van der Waals surface area contributed by atoms with E-state index >= 15 is 0 Å². The van der Waals surface area contributed by atoms with Crippen LogP contribution >= 0.6 is 11.6 Å². The Kier molecular flexibility index (Phi) is 5.30. The zero-order chi connectivity index (χ0) is 22.3. The maximum Gasteiger partial charge on any atom is 0.280 e. The second-order valence-corrected chi connectivity index (χ2v) is 9.03. The minimum Gasteiger partial charge on any atom is -0.457 e. The van der Waals surface area contributed by atoms with Crippen molar-refractivity contribution in [1.82, 2.24) is 0 Å². The summed E-state index contributed by atoms with van der Waals surface area (Å²) < 4.78 is 28.6. The smallest absolute Gasteiger partial charge is 0.280 e. The number of aryl methyl sites for hydroxylation is 1. The van der Waals surface area contributed by atoms with Crippen molar-refractivity contribution in [3.8, 4) is 11.3 Å². The van der Waals surface area contributed by atoms with Gasteiger partial charge in [-0.2, -0.15) is 10.1 Å². The van der Waals surface area contributed by atoms with Gasteiger partial charge in [-0.1, -0.05) is 17.7 Å². The molecule has 2 heterocycles. The van der Waals surface area contributed by atoms with E-state index in [1.165, 1.54) is 17.1 Å². The second-order valence-electron chi connectivity index (χ2n) is 7.07. The van der Waals surface area contributed by atoms with E-state index in [0.29, 0.717) is 39.1 Å². The molecule has 0 bridgehead atoms. The van der Waals surface area contributed by atoms with Crippen molar-refractivity contribution in [3.63, 3.8) is 0 Å². The molecule has 0 fully saturated rings. The predicted octanol–water partition coefficient (Wildman–Crippen LogP) is 4.36. The monoisotopic (exact) mass is 455 g/mol. The molecule has 0 atom stereocenters. The third-order valence-corrected chi connectivity index (χ3v) is 6.18. The molecule has 1 aromatic heterocycles. The number of hydrogen-bond donors (Lipinski definition) is 1. The summed E-state index contributed by atoms with van der Waals surface area (Å²) in [6.07, 6.45) is 1.62. The molecule has 1 aliphatic rings. The first-order valence-corrected chi connectivity index (χ1v) is 11.2. The first-order chi connectivity index (χ1) is 14.6. The zero-order valence-electron chi connectivity index (χ0n) is 16.7.